The molecule has 0 bridgehead atoms. The predicted molar refractivity (Wildman–Crippen MR) is 90.6 cm³/mol. The molecule has 0 saturated carbocycles. The highest BCUT2D eigenvalue weighted by molar-refractivity contribution is 6.00. The fraction of sp³-hybridized carbons (Fsp3) is 0.263. The van der Waals surface area contributed by atoms with Gasteiger partial charge in [0.15, 0.2) is 6.10 Å². The molecule has 1 saturated heterocycles. The highest BCUT2D eigenvalue weighted by Crippen LogP contribution is 2.26. The van der Waals surface area contributed by atoms with Crippen LogP contribution in [0.5, 0.6) is 5.75 Å². The molecule has 2 aromatic carbocycles. The number of carbonyl (C=O) groups excluding carboxylic acids is 1. The minimum absolute atomic E-state index is 0.139. The standard InChI is InChI=1S/C19H19NO4/c1-2-13-5-3-8-16(11-13)24-17-9-10-20(18(17)21)15-7-4-6-14(12-15)19(22)23/h3-8,11-12,17H,2,9-10H2,1H3,(H,22,23). The van der Waals surface area contributed by atoms with Crippen LogP contribution in [0.4, 0.5) is 5.69 Å². The molecule has 0 spiro atoms. The lowest BCUT2D eigenvalue weighted by atomic mass is 10.1. The number of rotatable bonds is 5. The summed E-state index contributed by atoms with van der Waals surface area (Å²) in [4.78, 5) is 25.3. The zero-order chi connectivity index (χ0) is 17.1. The van der Waals surface area contributed by atoms with Crippen LogP contribution in [0.25, 0.3) is 0 Å². The Kier molecular flexibility index (Phi) is 4.51. The molecule has 5 nitrogen and oxygen atoms in total. The lowest BCUT2D eigenvalue weighted by Gasteiger charge is -2.18. The Bertz CT molecular complexity index is 771. The normalized spacial score (nSPS) is 17.1. The van der Waals surface area contributed by atoms with Gasteiger partial charge in [-0.1, -0.05) is 25.1 Å². The number of carboxylic acid groups (broad SMARTS) is 1. The van der Waals surface area contributed by atoms with Crippen LogP contribution in [-0.4, -0.2) is 29.6 Å². The highest BCUT2D eigenvalue weighted by Gasteiger charge is 2.34. The van der Waals surface area contributed by atoms with Crippen molar-refractivity contribution < 1.29 is 19.4 Å². The van der Waals surface area contributed by atoms with Crippen LogP contribution in [0.3, 0.4) is 0 Å². The maximum Gasteiger partial charge on any atom is 0.335 e. The third-order valence-corrected chi connectivity index (χ3v) is 4.15. The molecule has 124 valence electrons. The Labute approximate surface area is 140 Å². The molecule has 1 heterocycles. The number of ether oxygens (including phenoxy) is 1. The van der Waals surface area contributed by atoms with Crippen LogP contribution in [0, 0.1) is 0 Å². The van der Waals surface area contributed by atoms with Crippen LogP contribution in [0.15, 0.2) is 48.5 Å². The van der Waals surface area contributed by atoms with Gasteiger partial charge in [-0.15, -0.1) is 0 Å². The molecule has 0 aliphatic carbocycles. The quantitative estimate of drug-likeness (QED) is 0.917. The third-order valence-electron chi connectivity index (χ3n) is 4.15. The van der Waals surface area contributed by atoms with Gasteiger partial charge in [-0.05, 0) is 42.3 Å². The number of hydrogen-bond donors (Lipinski definition) is 1. The maximum atomic E-state index is 12.6. The van der Waals surface area contributed by atoms with E-state index in [1.807, 2.05) is 24.3 Å². The summed E-state index contributed by atoms with van der Waals surface area (Å²) in [5.74, 6) is -0.457. The number of aromatic carboxylic acids is 1. The molecule has 1 unspecified atom stereocenters. The van der Waals surface area contributed by atoms with E-state index in [2.05, 4.69) is 6.92 Å². The highest BCUT2D eigenvalue weighted by atomic mass is 16.5. The molecule has 1 aliphatic heterocycles. The molecule has 1 amide bonds. The number of hydrogen-bond acceptors (Lipinski definition) is 3. The van der Waals surface area contributed by atoms with Gasteiger partial charge < -0.3 is 14.7 Å². The van der Waals surface area contributed by atoms with Crippen molar-refractivity contribution in [2.45, 2.75) is 25.9 Å². The van der Waals surface area contributed by atoms with Crippen LogP contribution in [0.1, 0.15) is 29.3 Å². The van der Waals surface area contributed by atoms with Gasteiger partial charge in [0.05, 0.1) is 5.56 Å². The van der Waals surface area contributed by atoms with E-state index in [1.165, 1.54) is 12.1 Å². The number of nitrogens with zero attached hydrogens (tertiary/aromatic N) is 1. The fourth-order valence-electron chi connectivity index (χ4n) is 2.83. The number of aryl methyl sites for hydroxylation is 1. The van der Waals surface area contributed by atoms with E-state index in [1.54, 1.807) is 17.0 Å². The Morgan fingerprint density at radius 1 is 1.25 bits per heavy atom. The second kappa shape index (κ2) is 6.74. The first kappa shape index (κ1) is 16.1. The molecule has 5 heteroatoms. The summed E-state index contributed by atoms with van der Waals surface area (Å²) >= 11 is 0. The van der Waals surface area contributed by atoms with E-state index in [-0.39, 0.29) is 11.5 Å². The summed E-state index contributed by atoms with van der Waals surface area (Å²) in [6, 6.07) is 14.1. The zero-order valence-corrected chi connectivity index (χ0v) is 13.4. The van der Waals surface area contributed by atoms with Crippen molar-refractivity contribution >= 4 is 17.6 Å². The van der Waals surface area contributed by atoms with Crippen molar-refractivity contribution in [2.24, 2.45) is 0 Å². The monoisotopic (exact) mass is 325 g/mol. The van der Waals surface area contributed by atoms with Crippen LogP contribution < -0.4 is 9.64 Å². The molecular weight excluding hydrogens is 306 g/mol. The first-order valence-electron chi connectivity index (χ1n) is 7.99. The Morgan fingerprint density at radius 2 is 2.04 bits per heavy atom. The molecular formula is C19H19NO4. The predicted octanol–water partition coefficient (Wildman–Crippen LogP) is 3.13. The average Bonchev–Trinajstić information content (AvgIpc) is 2.96. The van der Waals surface area contributed by atoms with Gasteiger partial charge in [0.2, 0.25) is 0 Å². The largest absolute Gasteiger partial charge is 0.481 e. The van der Waals surface area contributed by atoms with Crippen LogP contribution in [-0.2, 0) is 11.2 Å². The molecule has 3 rings (SSSR count). The minimum Gasteiger partial charge on any atom is -0.481 e. The Balaban J connectivity index is 1.75. The van der Waals surface area contributed by atoms with E-state index in [0.717, 1.165) is 12.0 Å². The van der Waals surface area contributed by atoms with Gasteiger partial charge in [-0.2, -0.15) is 0 Å². The van der Waals surface area contributed by atoms with Gasteiger partial charge in [0.1, 0.15) is 5.75 Å². The SMILES string of the molecule is CCc1cccc(OC2CCN(c3cccc(C(=O)O)c3)C2=O)c1. The molecule has 1 aliphatic rings. The number of anilines is 1. The van der Waals surface area contributed by atoms with E-state index in [0.29, 0.717) is 24.4 Å². The van der Waals surface area contributed by atoms with E-state index < -0.39 is 12.1 Å². The molecule has 0 radical (unpaired) electrons. The minimum atomic E-state index is -1.01. The molecule has 2 aromatic rings. The van der Waals surface area contributed by atoms with E-state index >= 15 is 0 Å². The Morgan fingerprint density at radius 3 is 2.79 bits per heavy atom. The third kappa shape index (κ3) is 3.25. The molecule has 1 N–H and O–H groups in total. The van der Waals surface area contributed by atoms with Crippen molar-refractivity contribution in [3.05, 3.63) is 59.7 Å². The zero-order valence-electron chi connectivity index (χ0n) is 13.4. The van der Waals surface area contributed by atoms with Crippen molar-refractivity contribution in [3.8, 4) is 5.75 Å². The van der Waals surface area contributed by atoms with Crippen LogP contribution in [0.2, 0.25) is 0 Å². The average molecular weight is 325 g/mol. The summed E-state index contributed by atoms with van der Waals surface area (Å²) in [6.07, 6.45) is 0.946. The van der Waals surface area contributed by atoms with Crippen LogP contribution >= 0.6 is 0 Å². The number of carbonyl (C=O) groups is 2. The first-order valence-corrected chi connectivity index (χ1v) is 7.99. The van der Waals surface area contributed by atoms with Gasteiger partial charge in [0, 0.05) is 18.7 Å². The lowest BCUT2D eigenvalue weighted by molar-refractivity contribution is -0.122. The van der Waals surface area contributed by atoms with Gasteiger partial charge in [-0.3, -0.25) is 4.79 Å². The maximum absolute atomic E-state index is 12.6. The second-order valence-electron chi connectivity index (χ2n) is 5.74. The molecule has 1 fully saturated rings. The number of benzene rings is 2. The van der Waals surface area contributed by atoms with Crippen molar-refractivity contribution in [2.75, 3.05) is 11.4 Å². The first-order chi connectivity index (χ1) is 11.6. The van der Waals surface area contributed by atoms with E-state index in [4.69, 9.17) is 9.84 Å². The number of amides is 1. The van der Waals surface area contributed by atoms with Crippen molar-refractivity contribution in [1.29, 1.82) is 0 Å². The van der Waals surface area contributed by atoms with Crippen molar-refractivity contribution in [1.82, 2.24) is 0 Å². The molecule has 1 atom stereocenters. The second-order valence-corrected chi connectivity index (χ2v) is 5.74. The fourth-order valence-corrected chi connectivity index (χ4v) is 2.83. The summed E-state index contributed by atoms with van der Waals surface area (Å²) in [5.41, 5.74) is 1.91. The molecule has 0 aromatic heterocycles. The van der Waals surface area contributed by atoms with Crippen molar-refractivity contribution in [3.63, 3.8) is 0 Å². The smallest absolute Gasteiger partial charge is 0.335 e. The summed E-state index contributed by atoms with van der Waals surface area (Å²) < 4.78 is 5.85. The number of carboxylic acids is 1. The van der Waals surface area contributed by atoms with Gasteiger partial charge in [0.25, 0.3) is 5.91 Å². The lowest BCUT2D eigenvalue weighted by Crippen LogP contribution is -2.32. The summed E-state index contributed by atoms with van der Waals surface area (Å²) in [5, 5.41) is 9.09. The topological polar surface area (TPSA) is 66.8 Å². The van der Waals surface area contributed by atoms with Gasteiger partial charge in [-0.25, -0.2) is 4.79 Å². The van der Waals surface area contributed by atoms with E-state index in [9.17, 15) is 9.59 Å². The Hall–Kier alpha value is -2.82. The van der Waals surface area contributed by atoms with Gasteiger partial charge >= 0.3 is 5.97 Å². The summed E-state index contributed by atoms with van der Waals surface area (Å²) in [6.45, 7) is 2.58. The molecule has 24 heavy (non-hydrogen) atoms. The summed E-state index contributed by atoms with van der Waals surface area (Å²) in [7, 11) is 0.